The largest absolute Gasteiger partial charge is 0.392 e. The van der Waals surface area contributed by atoms with Gasteiger partial charge in [-0.25, -0.2) is 0 Å². The highest BCUT2D eigenvalue weighted by Gasteiger charge is 2.50. The number of fused-ring (bicyclic) bond motifs is 1. The lowest BCUT2D eigenvalue weighted by Crippen LogP contribution is -2.50. The Morgan fingerprint density at radius 2 is 2.04 bits per heavy atom. The third-order valence-electron chi connectivity index (χ3n) is 5.72. The smallest absolute Gasteiger partial charge is 0.0700 e. The first kappa shape index (κ1) is 18.4. The molecule has 2 aliphatic rings. The Morgan fingerprint density at radius 1 is 1.39 bits per heavy atom. The van der Waals surface area contributed by atoms with Crippen LogP contribution in [0.3, 0.4) is 0 Å². The third-order valence-corrected chi connectivity index (χ3v) is 5.72. The zero-order valence-corrected chi connectivity index (χ0v) is 14.9. The summed E-state index contributed by atoms with van der Waals surface area (Å²) in [5, 5.41) is 32.7. The van der Waals surface area contributed by atoms with Crippen molar-refractivity contribution in [1.82, 2.24) is 0 Å². The lowest BCUT2D eigenvalue weighted by molar-refractivity contribution is -0.121. The predicted octanol–water partition coefficient (Wildman–Crippen LogP) is 3.36. The molecule has 0 aliphatic heterocycles. The van der Waals surface area contributed by atoms with E-state index in [2.05, 4.69) is 18.7 Å². The van der Waals surface area contributed by atoms with Crippen molar-refractivity contribution in [3.8, 4) is 0 Å². The summed E-state index contributed by atoms with van der Waals surface area (Å²) in [6, 6.07) is 0. The molecule has 0 aromatic carbocycles. The fourth-order valence-electron chi connectivity index (χ4n) is 4.44. The van der Waals surface area contributed by atoms with Crippen LogP contribution >= 0.6 is 0 Å². The Bertz CT molecular complexity index is 511. The van der Waals surface area contributed by atoms with Gasteiger partial charge in [0.25, 0.3) is 0 Å². The van der Waals surface area contributed by atoms with Gasteiger partial charge < -0.3 is 15.3 Å². The summed E-state index contributed by atoms with van der Waals surface area (Å²) in [7, 11) is 0. The minimum atomic E-state index is -1.11. The Morgan fingerprint density at radius 3 is 2.65 bits per heavy atom. The van der Waals surface area contributed by atoms with Gasteiger partial charge in [0.1, 0.15) is 0 Å². The highest BCUT2D eigenvalue weighted by atomic mass is 16.3. The molecule has 2 aliphatic carbocycles. The quantitative estimate of drug-likeness (QED) is 0.696. The Hall–Kier alpha value is -0.900. The molecule has 0 amide bonds. The molecule has 0 radical (unpaired) electrons. The van der Waals surface area contributed by atoms with Crippen molar-refractivity contribution < 1.29 is 15.3 Å². The molecule has 1 saturated carbocycles. The van der Waals surface area contributed by atoms with Gasteiger partial charge >= 0.3 is 0 Å². The first-order chi connectivity index (χ1) is 10.6. The monoisotopic (exact) mass is 320 g/mol. The van der Waals surface area contributed by atoms with Crippen molar-refractivity contribution in [1.29, 1.82) is 0 Å². The lowest BCUT2D eigenvalue weighted by atomic mass is 9.73. The van der Waals surface area contributed by atoms with Crippen molar-refractivity contribution in [2.24, 2.45) is 17.8 Å². The summed E-state index contributed by atoms with van der Waals surface area (Å²) in [5.74, 6) is -0.390. The van der Waals surface area contributed by atoms with Crippen molar-refractivity contribution >= 4 is 0 Å². The molecule has 130 valence electrons. The first-order valence-corrected chi connectivity index (χ1v) is 8.71. The highest BCUT2D eigenvalue weighted by molar-refractivity contribution is 5.26. The molecule has 0 heterocycles. The second kappa shape index (κ2) is 6.92. The zero-order chi connectivity index (χ0) is 17.4. The van der Waals surface area contributed by atoms with Crippen LogP contribution in [0.1, 0.15) is 53.4 Å². The van der Waals surface area contributed by atoms with E-state index in [0.29, 0.717) is 12.8 Å². The van der Waals surface area contributed by atoms with Crippen LogP contribution in [0.25, 0.3) is 0 Å². The van der Waals surface area contributed by atoms with E-state index in [1.165, 1.54) is 5.57 Å². The maximum absolute atomic E-state index is 11.0. The van der Waals surface area contributed by atoms with Crippen molar-refractivity contribution in [2.75, 3.05) is 0 Å². The van der Waals surface area contributed by atoms with E-state index in [1.54, 1.807) is 6.92 Å². The molecular formula is C20H32O3. The van der Waals surface area contributed by atoms with Crippen LogP contribution in [0.4, 0.5) is 0 Å². The van der Waals surface area contributed by atoms with Gasteiger partial charge in [-0.05, 0) is 59.3 Å². The third kappa shape index (κ3) is 3.78. The fourth-order valence-corrected chi connectivity index (χ4v) is 4.44. The summed E-state index contributed by atoms with van der Waals surface area (Å²) >= 11 is 0. The van der Waals surface area contributed by atoms with Gasteiger partial charge in [0, 0.05) is 11.8 Å². The minimum absolute atomic E-state index is 0.0282. The first-order valence-electron chi connectivity index (χ1n) is 8.71. The standard InChI is InChI=1S/C20H32O3/c1-12(2)7-6-10-20(5,23)18-16(21)11-14(4)15-9-8-13(3)17(15)19(18)22/h7-8,15-19,21-23H,4,6,9-11H2,1-3,5H3/t15-,16?,17+,18?,19?,20?/m0/s1. The molecular weight excluding hydrogens is 288 g/mol. The average Bonchev–Trinajstić information content (AvgIpc) is 2.74. The van der Waals surface area contributed by atoms with Gasteiger partial charge in [0.05, 0.1) is 17.8 Å². The van der Waals surface area contributed by atoms with Crippen LogP contribution < -0.4 is 0 Å². The second-order valence-electron chi connectivity index (χ2n) is 7.94. The van der Waals surface area contributed by atoms with Gasteiger partial charge in [-0.3, -0.25) is 0 Å². The van der Waals surface area contributed by atoms with Crippen molar-refractivity contribution in [3.63, 3.8) is 0 Å². The number of aliphatic hydroxyl groups excluding tert-OH is 2. The number of allylic oxidation sites excluding steroid dienone is 3. The van der Waals surface area contributed by atoms with Gasteiger partial charge in [-0.1, -0.05) is 35.5 Å². The number of aliphatic hydroxyl groups is 3. The van der Waals surface area contributed by atoms with Gasteiger partial charge in [0.2, 0.25) is 0 Å². The number of hydrogen-bond acceptors (Lipinski definition) is 3. The molecule has 0 spiro atoms. The topological polar surface area (TPSA) is 60.7 Å². The maximum Gasteiger partial charge on any atom is 0.0700 e. The van der Waals surface area contributed by atoms with Crippen molar-refractivity contribution in [2.45, 2.75) is 71.2 Å². The number of hydrogen-bond donors (Lipinski definition) is 3. The maximum atomic E-state index is 11.0. The number of rotatable bonds is 4. The lowest BCUT2D eigenvalue weighted by Gasteiger charge is -2.40. The zero-order valence-electron chi connectivity index (χ0n) is 14.9. The Kier molecular flexibility index (Phi) is 5.55. The molecule has 0 saturated heterocycles. The molecule has 3 heteroatoms. The van der Waals surface area contributed by atoms with Crippen LogP contribution in [-0.4, -0.2) is 33.1 Å². The molecule has 0 aromatic heterocycles. The molecule has 3 nitrogen and oxygen atoms in total. The SMILES string of the molecule is C=C1CC(O)C(C(C)(O)CCC=C(C)C)C(O)[C@@H]2C(C)=CC[C@@H]12. The summed E-state index contributed by atoms with van der Waals surface area (Å²) in [6.45, 7) is 12.0. The molecule has 1 fully saturated rings. The molecule has 2 rings (SSSR count). The molecule has 0 bridgehead atoms. The second-order valence-corrected chi connectivity index (χ2v) is 7.94. The summed E-state index contributed by atoms with van der Waals surface area (Å²) in [5.41, 5.74) is 2.26. The van der Waals surface area contributed by atoms with Crippen LogP contribution in [0.2, 0.25) is 0 Å². The van der Waals surface area contributed by atoms with E-state index in [1.807, 2.05) is 20.8 Å². The van der Waals surface area contributed by atoms with Gasteiger partial charge in [-0.2, -0.15) is 0 Å². The molecule has 6 atom stereocenters. The molecule has 23 heavy (non-hydrogen) atoms. The average molecular weight is 320 g/mol. The normalized spacial score (nSPS) is 36.7. The predicted molar refractivity (Wildman–Crippen MR) is 93.9 cm³/mol. The minimum Gasteiger partial charge on any atom is -0.392 e. The van der Waals surface area contributed by atoms with Gasteiger partial charge in [-0.15, -0.1) is 0 Å². The molecule has 0 aromatic rings. The van der Waals surface area contributed by atoms with Crippen LogP contribution in [0.15, 0.2) is 35.5 Å². The Balaban J connectivity index is 2.26. The summed E-state index contributed by atoms with van der Waals surface area (Å²) < 4.78 is 0. The van der Waals surface area contributed by atoms with Crippen molar-refractivity contribution in [3.05, 3.63) is 35.5 Å². The van der Waals surface area contributed by atoms with E-state index in [9.17, 15) is 15.3 Å². The van der Waals surface area contributed by atoms with E-state index in [4.69, 9.17) is 0 Å². The van der Waals surface area contributed by atoms with E-state index >= 15 is 0 Å². The van der Waals surface area contributed by atoms with Gasteiger partial charge in [0.15, 0.2) is 0 Å². The fraction of sp³-hybridized carbons (Fsp3) is 0.700. The van der Waals surface area contributed by atoms with E-state index < -0.39 is 23.7 Å². The van der Waals surface area contributed by atoms with Crippen LogP contribution in [0.5, 0.6) is 0 Å². The summed E-state index contributed by atoms with van der Waals surface area (Å²) in [4.78, 5) is 0. The molecule has 4 unspecified atom stereocenters. The summed E-state index contributed by atoms with van der Waals surface area (Å²) in [6.07, 6.45) is 5.38. The van der Waals surface area contributed by atoms with Crippen LogP contribution in [0, 0.1) is 17.8 Å². The van der Waals surface area contributed by atoms with Crippen LogP contribution in [-0.2, 0) is 0 Å². The van der Waals surface area contributed by atoms with E-state index in [-0.39, 0.29) is 11.8 Å². The highest BCUT2D eigenvalue weighted by Crippen LogP contribution is 2.48. The molecule has 3 N–H and O–H groups in total. The van der Waals surface area contributed by atoms with E-state index in [0.717, 1.165) is 24.0 Å². The Labute approximate surface area is 140 Å².